The molecule has 21 heavy (non-hydrogen) atoms. The van der Waals surface area contributed by atoms with Crippen LogP contribution in [0.4, 0.5) is 5.69 Å². The molecule has 0 unspecified atom stereocenters. The summed E-state index contributed by atoms with van der Waals surface area (Å²) in [5.74, 6) is 1.56. The van der Waals surface area contributed by atoms with Crippen molar-refractivity contribution in [2.45, 2.75) is 16.6 Å². The van der Waals surface area contributed by atoms with E-state index in [1.807, 2.05) is 42.5 Å². The first-order valence-corrected chi connectivity index (χ1v) is 7.63. The number of amides is 1. The van der Waals surface area contributed by atoms with E-state index in [1.54, 1.807) is 11.8 Å². The van der Waals surface area contributed by atoms with Crippen LogP contribution < -0.4 is 14.8 Å². The second kappa shape index (κ2) is 5.00. The molecule has 0 spiro atoms. The van der Waals surface area contributed by atoms with Gasteiger partial charge < -0.3 is 14.8 Å². The number of carbonyl (C=O) groups is 1. The fraction of sp³-hybridized carbons (Fsp3) is 0.188. The summed E-state index contributed by atoms with van der Waals surface area (Å²) in [6.45, 7) is 0.264. The molecule has 2 heterocycles. The highest BCUT2D eigenvalue weighted by atomic mass is 32.2. The smallest absolute Gasteiger partial charge is 0.231 e. The van der Waals surface area contributed by atoms with Crippen molar-refractivity contribution in [3.8, 4) is 11.5 Å². The van der Waals surface area contributed by atoms with Gasteiger partial charge in [0, 0.05) is 16.6 Å². The lowest BCUT2D eigenvalue weighted by molar-refractivity contribution is -0.116. The SMILES string of the molecule is O=C1C[C@H](c2ccc3c(c2)OCO3)Sc2ccccc2N1. The van der Waals surface area contributed by atoms with Crippen molar-refractivity contribution in [2.75, 3.05) is 12.1 Å². The highest BCUT2D eigenvalue weighted by molar-refractivity contribution is 7.99. The molecule has 2 aromatic carbocycles. The molecule has 2 aliphatic heterocycles. The summed E-state index contributed by atoms with van der Waals surface area (Å²) in [7, 11) is 0. The normalized spacial score (nSPS) is 19.6. The highest BCUT2D eigenvalue weighted by Crippen LogP contribution is 2.45. The maximum absolute atomic E-state index is 12.1. The molecule has 5 heteroatoms. The summed E-state index contributed by atoms with van der Waals surface area (Å²) >= 11 is 1.70. The van der Waals surface area contributed by atoms with Gasteiger partial charge in [-0.05, 0) is 29.8 Å². The van der Waals surface area contributed by atoms with Crippen molar-refractivity contribution in [1.82, 2.24) is 0 Å². The quantitative estimate of drug-likeness (QED) is 0.874. The van der Waals surface area contributed by atoms with E-state index in [1.165, 1.54) is 0 Å². The second-order valence-electron chi connectivity index (χ2n) is 4.97. The van der Waals surface area contributed by atoms with E-state index >= 15 is 0 Å². The molecular formula is C16H13NO3S. The average Bonchev–Trinajstić information content (AvgIpc) is 2.88. The van der Waals surface area contributed by atoms with Crippen LogP contribution in [-0.2, 0) is 4.79 Å². The number of para-hydroxylation sites is 1. The Morgan fingerprint density at radius 2 is 1.95 bits per heavy atom. The molecule has 0 fully saturated rings. The van der Waals surface area contributed by atoms with E-state index in [9.17, 15) is 4.79 Å². The predicted molar refractivity (Wildman–Crippen MR) is 80.9 cm³/mol. The summed E-state index contributed by atoms with van der Waals surface area (Å²) in [4.78, 5) is 13.2. The molecule has 1 atom stereocenters. The summed E-state index contributed by atoms with van der Waals surface area (Å²) in [6, 6.07) is 13.8. The third kappa shape index (κ3) is 2.34. The minimum atomic E-state index is 0.0371. The molecule has 0 saturated heterocycles. The van der Waals surface area contributed by atoms with Gasteiger partial charge in [-0.25, -0.2) is 0 Å². The number of nitrogens with one attached hydrogen (secondary N) is 1. The van der Waals surface area contributed by atoms with Crippen LogP contribution in [0.5, 0.6) is 11.5 Å². The van der Waals surface area contributed by atoms with Gasteiger partial charge in [-0.3, -0.25) is 4.79 Å². The van der Waals surface area contributed by atoms with Crippen molar-refractivity contribution < 1.29 is 14.3 Å². The van der Waals surface area contributed by atoms with E-state index in [2.05, 4.69) is 5.32 Å². The summed E-state index contributed by atoms with van der Waals surface area (Å²) < 4.78 is 10.8. The van der Waals surface area contributed by atoms with Crippen LogP contribution in [0.2, 0.25) is 0 Å². The Kier molecular flexibility index (Phi) is 3.00. The molecule has 1 N–H and O–H groups in total. The molecule has 2 aromatic rings. The van der Waals surface area contributed by atoms with Gasteiger partial charge in [0.2, 0.25) is 12.7 Å². The molecule has 0 aromatic heterocycles. The minimum Gasteiger partial charge on any atom is -0.454 e. The van der Waals surface area contributed by atoms with E-state index < -0.39 is 0 Å². The van der Waals surface area contributed by atoms with E-state index in [0.29, 0.717) is 6.42 Å². The molecule has 0 aliphatic carbocycles. The van der Waals surface area contributed by atoms with Crippen LogP contribution in [0.15, 0.2) is 47.4 Å². The first-order valence-electron chi connectivity index (χ1n) is 6.75. The van der Waals surface area contributed by atoms with Crippen molar-refractivity contribution in [3.63, 3.8) is 0 Å². The number of benzene rings is 2. The molecule has 106 valence electrons. The van der Waals surface area contributed by atoms with Crippen molar-refractivity contribution in [1.29, 1.82) is 0 Å². The topological polar surface area (TPSA) is 47.6 Å². The number of fused-ring (bicyclic) bond motifs is 2. The Balaban J connectivity index is 1.70. The number of thioether (sulfide) groups is 1. The summed E-state index contributed by atoms with van der Waals surface area (Å²) in [6.07, 6.45) is 0.443. The largest absolute Gasteiger partial charge is 0.454 e. The number of carbonyl (C=O) groups excluding carboxylic acids is 1. The Bertz CT molecular complexity index is 716. The predicted octanol–water partition coefficient (Wildman–Crippen LogP) is 3.59. The molecular weight excluding hydrogens is 286 g/mol. The number of anilines is 1. The van der Waals surface area contributed by atoms with Gasteiger partial charge in [0.25, 0.3) is 0 Å². The zero-order chi connectivity index (χ0) is 14.2. The molecule has 1 amide bonds. The number of rotatable bonds is 1. The standard InChI is InChI=1S/C16H13NO3S/c18-16-8-15(21-14-4-2-1-3-11(14)17-16)10-5-6-12-13(7-10)20-9-19-12/h1-7,15H,8-9H2,(H,17,18)/t15-/m1/s1. The Morgan fingerprint density at radius 3 is 2.90 bits per heavy atom. The lowest BCUT2D eigenvalue weighted by Gasteiger charge is -2.14. The van der Waals surface area contributed by atoms with Crippen molar-refractivity contribution in [2.24, 2.45) is 0 Å². The van der Waals surface area contributed by atoms with Gasteiger partial charge in [-0.15, -0.1) is 11.8 Å². The highest BCUT2D eigenvalue weighted by Gasteiger charge is 2.25. The van der Waals surface area contributed by atoms with Gasteiger partial charge in [-0.2, -0.15) is 0 Å². The van der Waals surface area contributed by atoms with Crippen molar-refractivity contribution >= 4 is 23.4 Å². The van der Waals surface area contributed by atoms with Crippen LogP contribution in [0.3, 0.4) is 0 Å². The lowest BCUT2D eigenvalue weighted by Crippen LogP contribution is -2.11. The third-order valence-corrected chi connectivity index (χ3v) is 4.90. The number of hydrogen-bond acceptors (Lipinski definition) is 4. The number of ether oxygens (including phenoxy) is 2. The van der Waals surface area contributed by atoms with Crippen LogP contribution in [-0.4, -0.2) is 12.7 Å². The van der Waals surface area contributed by atoms with Crippen molar-refractivity contribution in [3.05, 3.63) is 48.0 Å². The molecule has 4 rings (SSSR count). The Morgan fingerprint density at radius 1 is 1.10 bits per heavy atom. The third-order valence-electron chi connectivity index (χ3n) is 3.57. The molecule has 2 aliphatic rings. The zero-order valence-electron chi connectivity index (χ0n) is 11.2. The van der Waals surface area contributed by atoms with Crippen LogP contribution in [0.1, 0.15) is 17.2 Å². The van der Waals surface area contributed by atoms with E-state index in [0.717, 1.165) is 27.6 Å². The maximum atomic E-state index is 12.1. The average molecular weight is 299 g/mol. The number of hydrogen-bond donors (Lipinski definition) is 1. The molecule has 4 nitrogen and oxygen atoms in total. The Hall–Kier alpha value is -2.14. The fourth-order valence-corrected chi connectivity index (χ4v) is 3.76. The Labute approximate surface area is 126 Å². The maximum Gasteiger partial charge on any atom is 0.231 e. The van der Waals surface area contributed by atoms with E-state index in [-0.39, 0.29) is 18.0 Å². The second-order valence-corrected chi connectivity index (χ2v) is 6.21. The van der Waals surface area contributed by atoms with Gasteiger partial charge in [0.1, 0.15) is 0 Å². The first-order chi connectivity index (χ1) is 10.3. The van der Waals surface area contributed by atoms with Crippen LogP contribution >= 0.6 is 11.8 Å². The molecule has 0 saturated carbocycles. The van der Waals surface area contributed by atoms with E-state index in [4.69, 9.17) is 9.47 Å². The minimum absolute atomic E-state index is 0.0371. The van der Waals surface area contributed by atoms with Crippen LogP contribution in [0.25, 0.3) is 0 Å². The monoisotopic (exact) mass is 299 g/mol. The summed E-state index contributed by atoms with van der Waals surface area (Å²) in [5, 5.41) is 3.03. The lowest BCUT2D eigenvalue weighted by atomic mass is 10.1. The fourth-order valence-electron chi connectivity index (χ4n) is 2.54. The van der Waals surface area contributed by atoms with Gasteiger partial charge in [0.05, 0.1) is 5.69 Å². The molecule has 0 bridgehead atoms. The van der Waals surface area contributed by atoms with Gasteiger partial charge >= 0.3 is 0 Å². The molecule has 0 radical (unpaired) electrons. The summed E-state index contributed by atoms with van der Waals surface area (Å²) in [5.41, 5.74) is 1.96. The van der Waals surface area contributed by atoms with Crippen LogP contribution in [0, 0.1) is 0 Å². The first kappa shape index (κ1) is 12.6. The van der Waals surface area contributed by atoms with Gasteiger partial charge in [-0.1, -0.05) is 18.2 Å². The van der Waals surface area contributed by atoms with Gasteiger partial charge in [0.15, 0.2) is 11.5 Å². The zero-order valence-corrected chi connectivity index (χ0v) is 12.0.